The number of hydrogen-bond acceptors (Lipinski definition) is 6. The summed E-state index contributed by atoms with van der Waals surface area (Å²) in [4.78, 5) is 23.1. The molecule has 0 radical (unpaired) electrons. The lowest BCUT2D eigenvalue weighted by Crippen LogP contribution is -2.31. The Labute approximate surface area is 142 Å². The Morgan fingerprint density at radius 3 is 2.52 bits per heavy atom. The highest BCUT2D eigenvalue weighted by Gasteiger charge is 2.16. The average molecular weight is 359 g/mol. The number of ether oxygens (including phenoxy) is 1. The molecule has 0 bridgehead atoms. The smallest absolute Gasteiger partial charge is 0.336 e. The lowest BCUT2D eigenvalue weighted by molar-refractivity contribution is -0.133. The third kappa shape index (κ3) is 4.11. The van der Waals surface area contributed by atoms with Gasteiger partial charge in [0.1, 0.15) is 17.9 Å². The molecule has 0 amide bonds. The number of sulfonamides is 1. The zero-order chi connectivity index (χ0) is 17.9. The molecular weight excluding hydrogens is 346 g/mol. The molecule has 0 aliphatic rings. The van der Waals surface area contributed by atoms with Crippen LogP contribution in [0.25, 0.3) is 11.0 Å². The molecule has 2 aromatic carbocycles. The Balaban J connectivity index is 1.68. The molecule has 1 N–H and O–H groups in total. The summed E-state index contributed by atoms with van der Waals surface area (Å²) in [6.07, 6.45) is 0. The van der Waals surface area contributed by atoms with Crippen LogP contribution in [-0.2, 0) is 14.8 Å². The summed E-state index contributed by atoms with van der Waals surface area (Å²) >= 11 is 0. The molecule has 0 aliphatic heterocycles. The van der Waals surface area contributed by atoms with E-state index < -0.39 is 28.2 Å². The van der Waals surface area contributed by atoms with Gasteiger partial charge < -0.3 is 9.15 Å². The van der Waals surface area contributed by atoms with Gasteiger partial charge in [-0.1, -0.05) is 18.2 Å². The minimum Gasteiger partial charge on any atom is -0.425 e. The van der Waals surface area contributed by atoms with Crippen LogP contribution in [0, 0.1) is 0 Å². The standard InChI is InChI=1S/C17H13NO6S/c19-16-9-7-12-6-8-13(10-15(12)24-16)23-17(20)11-18-25(21,22)14-4-2-1-3-5-14/h1-10,18H,11H2. The summed E-state index contributed by atoms with van der Waals surface area (Å²) in [7, 11) is -3.80. The van der Waals surface area contributed by atoms with Crippen molar-refractivity contribution in [1.82, 2.24) is 4.72 Å². The van der Waals surface area contributed by atoms with Gasteiger partial charge in [0.15, 0.2) is 0 Å². The topological polar surface area (TPSA) is 103 Å². The van der Waals surface area contributed by atoms with Crippen LogP contribution < -0.4 is 15.1 Å². The van der Waals surface area contributed by atoms with Crippen molar-refractivity contribution in [2.24, 2.45) is 0 Å². The van der Waals surface area contributed by atoms with E-state index in [0.717, 1.165) is 0 Å². The average Bonchev–Trinajstić information content (AvgIpc) is 2.60. The summed E-state index contributed by atoms with van der Waals surface area (Å²) in [5.41, 5.74) is -0.255. The molecule has 0 spiro atoms. The van der Waals surface area contributed by atoms with Crippen molar-refractivity contribution in [2.75, 3.05) is 6.54 Å². The number of carbonyl (C=O) groups excluding carboxylic acids is 1. The highest BCUT2D eigenvalue weighted by atomic mass is 32.2. The Morgan fingerprint density at radius 2 is 1.76 bits per heavy atom. The predicted molar refractivity (Wildman–Crippen MR) is 89.7 cm³/mol. The predicted octanol–water partition coefficient (Wildman–Crippen LogP) is 1.68. The number of esters is 1. The van der Waals surface area contributed by atoms with Crippen molar-refractivity contribution in [3.63, 3.8) is 0 Å². The molecule has 1 heterocycles. The SMILES string of the molecule is O=C(CNS(=O)(=O)c1ccccc1)Oc1ccc2ccc(=O)oc2c1. The second-order valence-corrected chi connectivity index (χ2v) is 6.83. The summed E-state index contributed by atoms with van der Waals surface area (Å²) in [6, 6.07) is 15.1. The molecule has 0 saturated heterocycles. The fourth-order valence-corrected chi connectivity index (χ4v) is 3.10. The third-order valence-electron chi connectivity index (χ3n) is 3.29. The molecule has 0 unspecified atom stereocenters. The first kappa shape index (κ1) is 16.9. The van der Waals surface area contributed by atoms with Crippen LogP contribution in [0.3, 0.4) is 0 Å². The van der Waals surface area contributed by atoms with Gasteiger partial charge in [0.2, 0.25) is 10.0 Å². The summed E-state index contributed by atoms with van der Waals surface area (Å²) in [6.45, 7) is -0.534. The maximum Gasteiger partial charge on any atom is 0.336 e. The Kier molecular flexibility index (Phi) is 4.64. The first-order valence-electron chi connectivity index (χ1n) is 7.23. The van der Waals surface area contributed by atoms with E-state index in [9.17, 15) is 18.0 Å². The van der Waals surface area contributed by atoms with E-state index >= 15 is 0 Å². The van der Waals surface area contributed by atoms with Gasteiger partial charge in [0.25, 0.3) is 0 Å². The molecule has 8 heteroatoms. The number of fused-ring (bicyclic) bond motifs is 1. The van der Waals surface area contributed by atoms with Gasteiger partial charge in [-0.15, -0.1) is 0 Å². The zero-order valence-corrected chi connectivity index (χ0v) is 13.7. The number of carbonyl (C=O) groups is 1. The maximum atomic E-state index is 12.0. The number of rotatable bonds is 5. The fourth-order valence-electron chi connectivity index (χ4n) is 2.11. The summed E-state index contributed by atoms with van der Waals surface area (Å²) < 4.78 is 36.3. The van der Waals surface area contributed by atoms with Crippen LogP contribution in [0.5, 0.6) is 5.75 Å². The van der Waals surface area contributed by atoms with Gasteiger partial charge in [-0.25, -0.2) is 13.2 Å². The maximum absolute atomic E-state index is 12.0. The monoisotopic (exact) mass is 359 g/mol. The number of hydrogen-bond donors (Lipinski definition) is 1. The van der Waals surface area contributed by atoms with Crippen molar-refractivity contribution in [3.05, 3.63) is 71.1 Å². The van der Waals surface area contributed by atoms with Crippen molar-refractivity contribution in [1.29, 1.82) is 0 Å². The van der Waals surface area contributed by atoms with Crippen molar-refractivity contribution in [3.8, 4) is 5.75 Å². The van der Waals surface area contributed by atoms with E-state index in [2.05, 4.69) is 4.72 Å². The van der Waals surface area contributed by atoms with Crippen molar-refractivity contribution >= 4 is 27.0 Å². The van der Waals surface area contributed by atoms with E-state index in [0.29, 0.717) is 5.39 Å². The van der Waals surface area contributed by atoms with Crippen molar-refractivity contribution in [2.45, 2.75) is 4.90 Å². The molecule has 1 aromatic heterocycles. The second-order valence-electron chi connectivity index (χ2n) is 5.07. The molecule has 7 nitrogen and oxygen atoms in total. The number of benzene rings is 2. The van der Waals surface area contributed by atoms with Crippen LogP contribution >= 0.6 is 0 Å². The molecule has 0 atom stereocenters. The first-order valence-corrected chi connectivity index (χ1v) is 8.72. The van der Waals surface area contributed by atoms with Crippen LogP contribution in [0.4, 0.5) is 0 Å². The van der Waals surface area contributed by atoms with E-state index in [4.69, 9.17) is 9.15 Å². The summed E-state index contributed by atoms with van der Waals surface area (Å²) in [5.74, 6) is -0.650. The molecule has 0 fully saturated rings. The molecule has 3 rings (SSSR count). The molecule has 3 aromatic rings. The van der Waals surface area contributed by atoms with Crippen LogP contribution in [0.15, 0.2) is 74.8 Å². The normalized spacial score (nSPS) is 11.4. The van der Waals surface area contributed by atoms with Crippen LogP contribution in [0.2, 0.25) is 0 Å². The van der Waals surface area contributed by atoms with Gasteiger partial charge in [0.05, 0.1) is 4.90 Å². The molecular formula is C17H13NO6S. The Hall–Kier alpha value is -2.97. The van der Waals surface area contributed by atoms with Gasteiger partial charge in [0, 0.05) is 17.5 Å². The molecule has 25 heavy (non-hydrogen) atoms. The quantitative estimate of drug-likeness (QED) is 0.422. The largest absolute Gasteiger partial charge is 0.425 e. The van der Waals surface area contributed by atoms with Crippen LogP contribution in [0.1, 0.15) is 0 Å². The van der Waals surface area contributed by atoms with E-state index in [1.807, 2.05) is 0 Å². The fraction of sp³-hybridized carbons (Fsp3) is 0.0588. The van der Waals surface area contributed by atoms with Crippen LogP contribution in [-0.4, -0.2) is 20.9 Å². The van der Waals surface area contributed by atoms with Crippen molar-refractivity contribution < 1.29 is 22.4 Å². The van der Waals surface area contributed by atoms with Gasteiger partial charge in [-0.05, 0) is 30.3 Å². The summed E-state index contributed by atoms with van der Waals surface area (Å²) in [5, 5.41) is 0.671. The first-order chi connectivity index (χ1) is 11.9. The zero-order valence-electron chi connectivity index (χ0n) is 12.8. The Bertz CT molecular complexity index is 1070. The number of nitrogens with one attached hydrogen (secondary N) is 1. The van der Waals surface area contributed by atoms with Gasteiger partial charge in [-0.3, -0.25) is 4.79 Å². The minimum absolute atomic E-state index is 0.0512. The Morgan fingerprint density at radius 1 is 1.04 bits per heavy atom. The van der Waals surface area contributed by atoms with Gasteiger partial charge in [-0.2, -0.15) is 4.72 Å². The highest BCUT2D eigenvalue weighted by Crippen LogP contribution is 2.19. The molecule has 0 saturated carbocycles. The third-order valence-corrected chi connectivity index (χ3v) is 4.70. The molecule has 0 aliphatic carbocycles. The van der Waals surface area contributed by atoms with Gasteiger partial charge >= 0.3 is 11.6 Å². The lowest BCUT2D eigenvalue weighted by Gasteiger charge is -2.07. The lowest BCUT2D eigenvalue weighted by atomic mass is 10.2. The van der Waals surface area contributed by atoms with E-state index in [1.54, 1.807) is 30.3 Å². The highest BCUT2D eigenvalue weighted by molar-refractivity contribution is 7.89. The van der Waals surface area contributed by atoms with E-state index in [1.165, 1.54) is 30.3 Å². The minimum atomic E-state index is -3.80. The molecule has 128 valence electrons. The van der Waals surface area contributed by atoms with E-state index in [-0.39, 0.29) is 16.2 Å². The second kappa shape index (κ2) is 6.88.